The highest BCUT2D eigenvalue weighted by molar-refractivity contribution is 5.53. The van der Waals surface area contributed by atoms with Crippen LogP contribution >= 0.6 is 0 Å². The average molecular weight is 274 g/mol. The number of anilines is 1. The molecule has 5 nitrogen and oxygen atoms in total. The van der Waals surface area contributed by atoms with Crippen LogP contribution in [0.1, 0.15) is 5.69 Å². The predicted octanol–water partition coefficient (Wildman–Crippen LogP) is 2.72. The zero-order valence-corrected chi connectivity index (χ0v) is 11.8. The van der Waals surface area contributed by atoms with E-state index in [0.717, 1.165) is 22.9 Å². The minimum atomic E-state index is 0.591. The van der Waals surface area contributed by atoms with Crippen LogP contribution in [-0.4, -0.2) is 26.3 Å². The third kappa shape index (κ3) is 3.54. The van der Waals surface area contributed by atoms with Crippen LogP contribution in [-0.2, 0) is 6.54 Å². The molecule has 5 heteroatoms. The Kier molecular flexibility index (Phi) is 4.65. The van der Waals surface area contributed by atoms with Crippen molar-refractivity contribution in [1.29, 1.82) is 0 Å². The number of nitrogens with zero attached hydrogens (tertiary/aromatic N) is 1. The number of aromatic nitrogens is 1. The molecule has 0 fully saturated rings. The molecular weight excluding hydrogens is 256 g/mol. The number of nitrogens with one attached hydrogen (secondary N) is 1. The fourth-order valence-corrected chi connectivity index (χ4v) is 1.77. The minimum Gasteiger partial charge on any atom is -0.497 e. The Morgan fingerprint density at radius 3 is 2.25 bits per heavy atom. The monoisotopic (exact) mass is 274 g/mol. The van der Waals surface area contributed by atoms with Gasteiger partial charge in [-0.1, -0.05) is 6.07 Å². The van der Waals surface area contributed by atoms with Gasteiger partial charge in [0.2, 0.25) is 5.88 Å². The van der Waals surface area contributed by atoms with E-state index >= 15 is 0 Å². The van der Waals surface area contributed by atoms with E-state index in [-0.39, 0.29) is 0 Å². The van der Waals surface area contributed by atoms with E-state index in [1.807, 2.05) is 36.4 Å². The van der Waals surface area contributed by atoms with E-state index in [0.29, 0.717) is 12.4 Å². The van der Waals surface area contributed by atoms with Crippen LogP contribution in [0, 0.1) is 0 Å². The highest BCUT2D eigenvalue weighted by atomic mass is 16.5. The van der Waals surface area contributed by atoms with Gasteiger partial charge in [-0.2, -0.15) is 0 Å². The Morgan fingerprint density at radius 1 is 0.950 bits per heavy atom. The summed E-state index contributed by atoms with van der Waals surface area (Å²) in [5.74, 6) is 2.09. The molecule has 0 saturated heterocycles. The molecule has 1 N–H and O–H groups in total. The molecule has 20 heavy (non-hydrogen) atoms. The summed E-state index contributed by atoms with van der Waals surface area (Å²) in [7, 11) is 4.86. The van der Waals surface area contributed by atoms with Gasteiger partial charge in [0.1, 0.15) is 11.5 Å². The summed E-state index contributed by atoms with van der Waals surface area (Å²) in [5, 5.41) is 3.28. The topological polar surface area (TPSA) is 52.6 Å². The minimum absolute atomic E-state index is 0.591. The van der Waals surface area contributed by atoms with Crippen LogP contribution in [0.15, 0.2) is 36.4 Å². The van der Waals surface area contributed by atoms with Gasteiger partial charge in [-0.15, -0.1) is 0 Å². The van der Waals surface area contributed by atoms with Crippen molar-refractivity contribution in [2.24, 2.45) is 0 Å². The second-order valence-corrected chi connectivity index (χ2v) is 4.13. The molecule has 0 aliphatic carbocycles. The number of rotatable bonds is 6. The summed E-state index contributed by atoms with van der Waals surface area (Å²) >= 11 is 0. The molecule has 0 aliphatic heterocycles. The number of ether oxygens (including phenoxy) is 3. The molecule has 0 atom stereocenters. The maximum absolute atomic E-state index is 5.23. The number of benzene rings is 1. The van der Waals surface area contributed by atoms with E-state index in [2.05, 4.69) is 10.3 Å². The van der Waals surface area contributed by atoms with Gasteiger partial charge in [-0.25, -0.2) is 4.98 Å². The lowest BCUT2D eigenvalue weighted by Crippen LogP contribution is -2.03. The van der Waals surface area contributed by atoms with Crippen LogP contribution in [0.3, 0.4) is 0 Å². The van der Waals surface area contributed by atoms with E-state index in [9.17, 15) is 0 Å². The van der Waals surface area contributed by atoms with E-state index in [1.54, 1.807) is 21.3 Å². The second kappa shape index (κ2) is 6.65. The van der Waals surface area contributed by atoms with E-state index < -0.39 is 0 Å². The van der Waals surface area contributed by atoms with Gasteiger partial charge in [0.05, 0.1) is 33.6 Å². The van der Waals surface area contributed by atoms with Crippen molar-refractivity contribution in [3.05, 3.63) is 42.1 Å². The fraction of sp³-hybridized carbons (Fsp3) is 0.267. The van der Waals surface area contributed by atoms with Crippen LogP contribution in [0.5, 0.6) is 17.4 Å². The van der Waals surface area contributed by atoms with Gasteiger partial charge in [-0.05, 0) is 6.07 Å². The Hall–Kier alpha value is -2.43. The van der Waals surface area contributed by atoms with Crippen molar-refractivity contribution in [3.8, 4) is 17.4 Å². The molecule has 0 saturated carbocycles. The molecule has 0 bridgehead atoms. The molecule has 106 valence electrons. The van der Waals surface area contributed by atoms with Crippen molar-refractivity contribution in [1.82, 2.24) is 4.98 Å². The highest BCUT2D eigenvalue weighted by Gasteiger charge is 2.03. The first kappa shape index (κ1) is 14.0. The Balaban J connectivity index is 2.09. The summed E-state index contributed by atoms with van der Waals surface area (Å²) in [4.78, 5) is 4.34. The van der Waals surface area contributed by atoms with Crippen LogP contribution < -0.4 is 19.5 Å². The van der Waals surface area contributed by atoms with Gasteiger partial charge in [0.15, 0.2) is 0 Å². The third-order valence-corrected chi connectivity index (χ3v) is 2.82. The maximum atomic E-state index is 5.23. The molecule has 1 aromatic carbocycles. The van der Waals surface area contributed by atoms with Crippen LogP contribution in [0.2, 0.25) is 0 Å². The third-order valence-electron chi connectivity index (χ3n) is 2.82. The quantitative estimate of drug-likeness (QED) is 0.877. The molecule has 0 radical (unpaired) electrons. The van der Waals surface area contributed by atoms with E-state index in [1.165, 1.54) is 0 Å². The van der Waals surface area contributed by atoms with Gasteiger partial charge in [0, 0.05) is 30.0 Å². The predicted molar refractivity (Wildman–Crippen MR) is 77.7 cm³/mol. The van der Waals surface area contributed by atoms with Crippen LogP contribution in [0.25, 0.3) is 0 Å². The number of pyridine rings is 1. The van der Waals surface area contributed by atoms with Crippen molar-refractivity contribution < 1.29 is 14.2 Å². The first-order valence-electron chi connectivity index (χ1n) is 6.22. The van der Waals surface area contributed by atoms with Crippen molar-refractivity contribution in [3.63, 3.8) is 0 Å². The van der Waals surface area contributed by atoms with Crippen molar-refractivity contribution in [2.75, 3.05) is 26.6 Å². The Labute approximate surface area is 118 Å². The Morgan fingerprint density at radius 2 is 1.65 bits per heavy atom. The maximum Gasteiger partial charge on any atom is 0.213 e. The smallest absolute Gasteiger partial charge is 0.213 e. The number of hydrogen-bond acceptors (Lipinski definition) is 5. The van der Waals surface area contributed by atoms with Crippen LogP contribution in [0.4, 0.5) is 5.69 Å². The van der Waals surface area contributed by atoms with Gasteiger partial charge in [-0.3, -0.25) is 0 Å². The molecular formula is C15H18N2O3. The first-order chi connectivity index (χ1) is 9.75. The normalized spacial score (nSPS) is 9.95. The van der Waals surface area contributed by atoms with Gasteiger partial charge < -0.3 is 19.5 Å². The molecule has 0 amide bonds. The first-order valence-corrected chi connectivity index (χ1v) is 6.22. The molecule has 0 aliphatic rings. The molecule has 2 aromatic rings. The summed E-state index contributed by atoms with van der Waals surface area (Å²) in [5.41, 5.74) is 1.80. The lowest BCUT2D eigenvalue weighted by Gasteiger charge is -2.10. The largest absolute Gasteiger partial charge is 0.497 e. The van der Waals surface area contributed by atoms with Gasteiger partial charge in [0.25, 0.3) is 0 Å². The molecule has 2 rings (SSSR count). The standard InChI is InChI=1S/C15H18N2O3/c1-18-13-7-12(8-14(9-13)19-2)16-10-11-5-4-6-15(17-11)20-3/h4-9,16H,10H2,1-3H3. The zero-order valence-electron chi connectivity index (χ0n) is 11.8. The fourth-order valence-electron chi connectivity index (χ4n) is 1.77. The summed E-state index contributed by atoms with van der Waals surface area (Å²) < 4.78 is 15.6. The number of methoxy groups -OCH3 is 3. The number of hydrogen-bond donors (Lipinski definition) is 1. The second-order valence-electron chi connectivity index (χ2n) is 4.13. The molecule has 1 aromatic heterocycles. The summed E-state index contributed by atoms with van der Waals surface area (Å²) in [6, 6.07) is 11.3. The molecule has 1 heterocycles. The lowest BCUT2D eigenvalue weighted by molar-refractivity contribution is 0.394. The summed E-state index contributed by atoms with van der Waals surface area (Å²) in [6.07, 6.45) is 0. The Bertz CT molecular complexity index is 551. The lowest BCUT2D eigenvalue weighted by atomic mass is 10.2. The molecule has 0 spiro atoms. The SMILES string of the molecule is COc1cc(NCc2cccc(OC)n2)cc(OC)c1. The molecule has 0 unspecified atom stereocenters. The van der Waals surface area contributed by atoms with Crippen molar-refractivity contribution in [2.45, 2.75) is 6.54 Å². The average Bonchev–Trinajstić information content (AvgIpc) is 2.52. The summed E-state index contributed by atoms with van der Waals surface area (Å²) in [6.45, 7) is 0.591. The highest BCUT2D eigenvalue weighted by Crippen LogP contribution is 2.26. The van der Waals surface area contributed by atoms with E-state index in [4.69, 9.17) is 14.2 Å². The zero-order chi connectivity index (χ0) is 14.4. The van der Waals surface area contributed by atoms with Crippen molar-refractivity contribution >= 4 is 5.69 Å². The van der Waals surface area contributed by atoms with Gasteiger partial charge >= 0.3 is 0 Å².